The summed E-state index contributed by atoms with van der Waals surface area (Å²) in [5.74, 6) is -0.0724. The van der Waals surface area contributed by atoms with Gasteiger partial charge in [0, 0.05) is 29.4 Å². The number of benzene rings is 2. The molecule has 0 aliphatic heterocycles. The standard InChI is InChI=1S/C24H21N3O/c28-24(26-16-8-12-19-11-6-7-15-25-19)21-17-23(18-9-2-1-3-10-18)27-22-14-5-4-13-20(21)22/h1-7,9-11,13-15,17H,8,12,16H2,(H,26,28). The van der Waals surface area contributed by atoms with Gasteiger partial charge >= 0.3 is 0 Å². The second-order valence-corrected chi connectivity index (χ2v) is 6.62. The maximum Gasteiger partial charge on any atom is 0.252 e. The second kappa shape index (κ2) is 8.44. The molecule has 4 aromatic rings. The lowest BCUT2D eigenvalue weighted by molar-refractivity contribution is 0.0955. The first-order valence-corrected chi connectivity index (χ1v) is 9.44. The Balaban J connectivity index is 1.54. The van der Waals surface area contributed by atoms with E-state index in [9.17, 15) is 4.79 Å². The van der Waals surface area contributed by atoms with Crippen molar-refractivity contribution < 1.29 is 4.79 Å². The van der Waals surface area contributed by atoms with Gasteiger partial charge in [0.05, 0.1) is 16.8 Å². The smallest absolute Gasteiger partial charge is 0.252 e. The second-order valence-electron chi connectivity index (χ2n) is 6.62. The van der Waals surface area contributed by atoms with Crippen LogP contribution in [0.1, 0.15) is 22.5 Å². The molecule has 0 fully saturated rings. The molecule has 0 spiro atoms. The third-order valence-electron chi connectivity index (χ3n) is 4.65. The highest BCUT2D eigenvalue weighted by Gasteiger charge is 2.13. The summed E-state index contributed by atoms with van der Waals surface area (Å²) in [5, 5.41) is 3.91. The first-order valence-electron chi connectivity index (χ1n) is 9.44. The van der Waals surface area contributed by atoms with Crippen LogP contribution >= 0.6 is 0 Å². The van der Waals surface area contributed by atoms with Gasteiger partial charge in [-0.25, -0.2) is 4.98 Å². The Morgan fingerprint density at radius 3 is 2.50 bits per heavy atom. The summed E-state index contributed by atoms with van der Waals surface area (Å²) in [7, 11) is 0. The van der Waals surface area contributed by atoms with Crippen molar-refractivity contribution >= 4 is 16.8 Å². The molecule has 2 aromatic heterocycles. The maximum absolute atomic E-state index is 12.9. The lowest BCUT2D eigenvalue weighted by Gasteiger charge is -2.11. The monoisotopic (exact) mass is 367 g/mol. The van der Waals surface area contributed by atoms with Crippen LogP contribution < -0.4 is 5.32 Å². The van der Waals surface area contributed by atoms with Crippen LogP contribution in [0, 0.1) is 0 Å². The van der Waals surface area contributed by atoms with Gasteiger partial charge in [0.15, 0.2) is 0 Å². The van der Waals surface area contributed by atoms with E-state index in [4.69, 9.17) is 4.98 Å². The molecule has 0 radical (unpaired) electrons. The van der Waals surface area contributed by atoms with Gasteiger partial charge in [0.1, 0.15) is 0 Å². The highest BCUT2D eigenvalue weighted by molar-refractivity contribution is 6.07. The van der Waals surface area contributed by atoms with Crippen LogP contribution in [-0.2, 0) is 6.42 Å². The number of hydrogen-bond donors (Lipinski definition) is 1. The molecule has 1 amide bonds. The quantitative estimate of drug-likeness (QED) is 0.504. The number of carbonyl (C=O) groups is 1. The summed E-state index contributed by atoms with van der Waals surface area (Å²) in [6.07, 6.45) is 3.48. The molecule has 4 nitrogen and oxygen atoms in total. The van der Waals surface area contributed by atoms with Gasteiger partial charge < -0.3 is 5.32 Å². The zero-order valence-electron chi connectivity index (χ0n) is 15.5. The summed E-state index contributed by atoms with van der Waals surface area (Å²) in [6.45, 7) is 0.604. The molecule has 0 atom stereocenters. The average Bonchev–Trinajstić information content (AvgIpc) is 2.77. The van der Waals surface area contributed by atoms with Gasteiger partial charge in [0.2, 0.25) is 0 Å². The number of pyridine rings is 2. The fourth-order valence-corrected chi connectivity index (χ4v) is 3.23. The van der Waals surface area contributed by atoms with E-state index < -0.39 is 0 Å². The number of carbonyl (C=O) groups excluding carboxylic acids is 1. The Hall–Kier alpha value is -3.53. The van der Waals surface area contributed by atoms with Crippen LogP contribution in [0.25, 0.3) is 22.2 Å². The molecule has 0 aliphatic carbocycles. The minimum atomic E-state index is -0.0724. The molecule has 2 heterocycles. The van der Waals surface area contributed by atoms with E-state index in [1.54, 1.807) is 6.20 Å². The molecule has 0 saturated heterocycles. The van der Waals surface area contributed by atoms with Crippen LogP contribution in [0.15, 0.2) is 85.1 Å². The summed E-state index contributed by atoms with van der Waals surface area (Å²) < 4.78 is 0. The van der Waals surface area contributed by atoms with Crippen molar-refractivity contribution in [3.8, 4) is 11.3 Å². The fourth-order valence-electron chi connectivity index (χ4n) is 3.23. The van der Waals surface area contributed by atoms with E-state index in [2.05, 4.69) is 10.3 Å². The average molecular weight is 367 g/mol. The minimum Gasteiger partial charge on any atom is -0.352 e. The summed E-state index contributed by atoms with van der Waals surface area (Å²) in [5.41, 5.74) is 4.32. The van der Waals surface area contributed by atoms with Gasteiger partial charge in [0.25, 0.3) is 5.91 Å². The number of amides is 1. The molecule has 28 heavy (non-hydrogen) atoms. The first kappa shape index (κ1) is 17.9. The van der Waals surface area contributed by atoms with Gasteiger partial charge in [-0.1, -0.05) is 54.6 Å². The highest BCUT2D eigenvalue weighted by Crippen LogP contribution is 2.24. The molecule has 4 heteroatoms. The molecule has 1 N–H and O–H groups in total. The number of rotatable bonds is 6. The van der Waals surface area contributed by atoms with E-state index in [-0.39, 0.29) is 5.91 Å². The fraction of sp³-hybridized carbons (Fsp3) is 0.125. The lowest BCUT2D eigenvalue weighted by Crippen LogP contribution is -2.25. The van der Waals surface area contributed by atoms with Crippen molar-refractivity contribution in [2.75, 3.05) is 6.54 Å². The normalized spacial score (nSPS) is 10.7. The van der Waals surface area contributed by atoms with Crippen LogP contribution in [-0.4, -0.2) is 22.4 Å². The van der Waals surface area contributed by atoms with Crippen LogP contribution in [0.2, 0.25) is 0 Å². The van der Waals surface area contributed by atoms with Crippen molar-refractivity contribution in [2.45, 2.75) is 12.8 Å². The maximum atomic E-state index is 12.9. The van der Waals surface area contributed by atoms with Crippen molar-refractivity contribution in [2.24, 2.45) is 0 Å². The van der Waals surface area contributed by atoms with E-state index >= 15 is 0 Å². The zero-order chi connectivity index (χ0) is 19.2. The van der Waals surface area contributed by atoms with Crippen LogP contribution in [0.4, 0.5) is 0 Å². The van der Waals surface area contributed by atoms with Gasteiger partial charge in [-0.3, -0.25) is 9.78 Å². The Bertz CT molecular complexity index is 1080. The first-order chi connectivity index (χ1) is 13.8. The van der Waals surface area contributed by atoms with Crippen molar-refractivity contribution in [3.05, 3.63) is 96.3 Å². The molecule has 0 unspecified atom stereocenters. The Kier molecular flexibility index (Phi) is 5.38. The van der Waals surface area contributed by atoms with Crippen molar-refractivity contribution in [1.82, 2.24) is 15.3 Å². The molecule has 4 rings (SSSR count). The van der Waals surface area contributed by atoms with Gasteiger partial charge in [-0.2, -0.15) is 0 Å². The SMILES string of the molecule is O=C(NCCCc1ccccn1)c1cc(-c2ccccc2)nc2ccccc12. The number of nitrogens with zero attached hydrogens (tertiary/aromatic N) is 2. The number of para-hydroxylation sites is 1. The third-order valence-corrected chi connectivity index (χ3v) is 4.65. The lowest BCUT2D eigenvalue weighted by atomic mass is 10.0. The van der Waals surface area contributed by atoms with Crippen LogP contribution in [0.3, 0.4) is 0 Å². The number of hydrogen-bond acceptors (Lipinski definition) is 3. The van der Waals surface area contributed by atoms with Gasteiger partial charge in [-0.05, 0) is 37.1 Å². The van der Waals surface area contributed by atoms with Crippen molar-refractivity contribution in [3.63, 3.8) is 0 Å². The number of fused-ring (bicyclic) bond motifs is 1. The topological polar surface area (TPSA) is 54.9 Å². The Morgan fingerprint density at radius 2 is 1.68 bits per heavy atom. The molecule has 0 bridgehead atoms. The summed E-state index contributed by atoms with van der Waals surface area (Å²) in [6, 6.07) is 25.5. The Labute approximate surface area is 164 Å². The molecule has 0 aliphatic rings. The van der Waals surface area contributed by atoms with Gasteiger partial charge in [-0.15, -0.1) is 0 Å². The highest BCUT2D eigenvalue weighted by atomic mass is 16.1. The molecule has 138 valence electrons. The third kappa shape index (κ3) is 4.07. The number of aromatic nitrogens is 2. The largest absolute Gasteiger partial charge is 0.352 e. The van der Waals surface area contributed by atoms with E-state index in [1.165, 1.54) is 0 Å². The molecule has 0 saturated carbocycles. The molecule has 2 aromatic carbocycles. The minimum absolute atomic E-state index is 0.0724. The summed E-state index contributed by atoms with van der Waals surface area (Å²) >= 11 is 0. The van der Waals surface area contributed by atoms with E-state index in [0.717, 1.165) is 40.7 Å². The number of aryl methyl sites for hydroxylation is 1. The zero-order valence-corrected chi connectivity index (χ0v) is 15.5. The van der Waals surface area contributed by atoms with E-state index in [0.29, 0.717) is 12.1 Å². The molecular formula is C24H21N3O. The predicted molar refractivity (Wildman–Crippen MR) is 112 cm³/mol. The molecular weight excluding hydrogens is 346 g/mol. The summed E-state index contributed by atoms with van der Waals surface area (Å²) in [4.78, 5) is 22.0. The van der Waals surface area contributed by atoms with Crippen molar-refractivity contribution in [1.29, 1.82) is 0 Å². The van der Waals surface area contributed by atoms with Crippen LogP contribution in [0.5, 0.6) is 0 Å². The Morgan fingerprint density at radius 1 is 0.893 bits per heavy atom. The van der Waals surface area contributed by atoms with E-state index in [1.807, 2.05) is 78.9 Å². The predicted octanol–water partition coefficient (Wildman–Crippen LogP) is 4.66. The number of nitrogens with one attached hydrogen (secondary N) is 1.